The van der Waals surface area contributed by atoms with Crippen LogP contribution in [0.1, 0.15) is 6.92 Å². The predicted molar refractivity (Wildman–Crippen MR) is 48.3 cm³/mol. The van der Waals surface area contributed by atoms with Crippen LogP contribution in [0.15, 0.2) is 12.0 Å². The molecule has 1 aliphatic heterocycles. The van der Waals surface area contributed by atoms with Gasteiger partial charge in [-0.3, -0.25) is 10.1 Å². The van der Waals surface area contributed by atoms with E-state index >= 15 is 0 Å². The van der Waals surface area contributed by atoms with E-state index in [1.54, 1.807) is 0 Å². The Bertz CT molecular complexity index is 227. The van der Waals surface area contributed by atoms with Crippen LogP contribution in [0.5, 0.6) is 0 Å². The van der Waals surface area contributed by atoms with E-state index in [0.29, 0.717) is 12.4 Å². The minimum Gasteiger partial charge on any atom is -0.365 e. The van der Waals surface area contributed by atoms with Crippen LogP contribution in [0, 0.1) is 10.1 Å². The molecule has 6 nitrogen and oxygen atoms in total. The molecule has 0 aromatic carbocycles. The van der Waals surface area contributed by atoms with E-state index in [-0.39, 0.29) is 6.04 Å². The SMILES string of the molecule is C[C@@H](N)CN1CCN/C1=C\[N+](=O)[O-]. The van der Waals surface area contributed by atoms with Crippen molar-refractivity contribution in [3.63, 3.8) is 0 Å². The summed E-state index contributed by atoms with van der Waals surface area (Å²) in [6.45, 7) is 4.04. The number of nitrogens with zero attached hydrogens (tertiary/aromatic N) is 2. The standard InChI is InChI=1S/C7H14N4O2/c1-6(8)4-10-3-2-9-7(10)5-11(12)13/h5-6,9H,2-4,8H2,1H3/b7-5+/t6-/m1/s1. The lowest BCUT2D eigenvalue weighted by Crippen LogP contribution is -2.33. The van der Waals surface area contributed by atoms with Gasteiger partial charge in [0.2, 0.25) is 0 Å². The fourth-order valence-corrected chi connectivity index (χ4v) is 1.32. The fourth-order valence-electron chi connectivity index (χ4n) is 1.32. The summed E-state index contributed by atoms with van der Waals surface area (Å²) in [7, 11) is 0. The largest absolute Gasteiger partial charge is 0.365 e. The van der Waals surface area contributed by atoms with E-state index in [4.69, 9.17) is 5.73 Å². The molecule has 0 aliphatic carbocycles. The summed E-state index contributed by atoms with van der Waals surface area (Å²) in [4.78, 5) is 11.6. The number of nitrogens with one attached hydrogen (secondary N) is 1. The van der Waals surface area contributed by atoms with Gasteiger partial charge in [0.15, 0.2) is 5.82 Å². The molecular weight excluding hydrogens is 172 g/mol. The highest BCUT2D eigenvalue weighted by molar-refractivity contribution is 5.00. The van der Waals surface area contributed by atoms with Crippen molar-refractivity contribution in [2.75, 3.05) is 19.6 Å². The first-order valence-corrected chi connectivity index (χ1v) is 4.19. The molecule has 0 radical (unpaired) electrons. The lowest BCUT2D eigenvalue weighted by molar-refractivity contribution is -0.404. The maximum atomic E-state index is 10.2. The monoisotopic (exact) mass is 186 g/mol. The van der Waals surface area contributed by atoms with Crippen LogP contribution >= 0.6 is 0 Å². The van der Waals surface area contributed by atoms with Crippen molar-refractivity contribution in [2.24, 2.45) is 5.73 Å². The van der Waals surface area contributed by atoms with Gasteiger partial charge in [-0.2, -0.15) is 0 Å². The van der Waals surface area contributed by atoms with Gasteiger partial charge >= 0.3 is 0 Å². The zero-order valence-corrected chi connectivity index (χ0v) is 7.56. The molecule has 0 aromatic heterocycles. The molecule has 1 heterocycles. The minimum atomic E-state index is -0.457. The smallest absolute Gasteiger partial charge is 0.274 e. The summed E-state index contributed by atoms with van der Waals surface area (Å²) in [5.74, 6) is 0.558. The third-order valence-corrected chi connectivity index (χ3v) is 1.76. The average molecular weight is 186 g/mol. The summed E-state index contributed by atoms with van der Waals surface area (Å²) >= 11 is 0. The molecule has 1 aliphatic rings. The molecular formula is C7H14N4O2. The van der Waals surface area contributed by atoms with Gasteiger partial charge in [0.1, 0.15) is 0 Å². The van der Waals surface area contributed by atoms with Crippen LogP contribution in [0.2, 0.25) is 0 Å². The second-order valence-electron chi connectivity index (χ2n) is 3.15. The van der Waals surface area contributed by atoms with Gasteiger partial charge in [-0.1, -0.05) is 0 Å². The first-order valence-electron chi connectivity index (χ1n) is 4.19. The Hall–Kier alpha value is -1.30. The highest BCUT2D eigenvalue weighted by Crippen LogP contribution is 2.06. The second-order valence-corrected chi connectivity index (χ2v) is 3.15. The van der Waals surface area contributed by atoms with Gasteiger partial charge in [-0.05, 0) is 6.92 Å². The zero-order chi connectivity index (χ0) is 9.84. The van der Waals surface area contributed by atoms with E-state index in [9.17, 15) is 10.1 Å². The van der Waals surface area contributed by atoms with E-state index in [1.807, 2.05) is 11.8 Å². The summed E-state index contributed by atoms with van der Waals surface area (Å²) < 4.78 is 0. The lowest BCUT2D eigenvalue weighted by atomic mass is 10.3. The number of nitrogens with two attached hydrogens (primary N) is 1. The highest BCUT2D eigenvalue weighted by Gasteiger charge is 2.19. The van der Waals surface area contributed by atoms with E-state index in [1.165, 1.54) is 0 Å². The molecule has 1 fully saturated rings. The van der Waals surface area contributed by atoms with Crippen LogP contribution in [-0.2, 0) is 0 Å². The summed E-state index contributed by atoms with van der Waals surface area (Å²) in [5.41, 5.74) is 5.60. The lowest BCUT2D eigenvalue weighted by Gasteiger charge is -2.18. The zero-order valence-electron chi connectivity index (χ0n) is 7.56. The maximum Gasteiger partial charge on any atom is 0.274 e. The van der Waals surface area contributed by atoms with E-state index < -0.39 is 4.92 Å². The molecule has 0 unspecified atom stereocenters. The first kappa shape index (κ1) is 9.79. The van der Waals surface area contributed by atoms with Crippen LogP contribution in [0.4, 0.5) is 0 Å². The Labute approximate surface area is 76.5 Å². The molecule has 74 valence electrons. The molecule has 13 heavy (non-hydrogen) atoms. The van der Waals surface area contributed by atoms with Gasteiger partial charge in [-0.15, -0.1) is 0 Å². The first-order chi connectivity index (χ1) is 6.09. The average Bonchev–Trinajstić information content (AvgIpc) is 2.34. The number of hydrogen-bond donors (Lipinski definition) is 2. The molecule has 0 saturated carbocycles. The molecule has 0 spiro atoms. The van der Waals surface area contributed by atoms with Crippen LogP contribution < -0.4 is 11.1 Å². The molecule has 0 amide bonds. The molecule has 1 atom stereocenters. The number of hydrogen-bond acceptors (Lipinski definition) is 5. The van der Waals surface area contributed by atoms with Crippen molar-refractivity contribution in [3.05, 3.63) is 22.1 Å². The van der Waals surface area contributed by atoms with Crippen molar-refractivity contribution in [2.45, 2.75) is 13.0 Å². The van der Waals surface area contributed by atoms with Crippen molar-refractivity contribution < 1.29 is 4.92 Å². The second kappa shape index (κ2) is 4.08. The van der Waals surface area contributed by atoms with Gasteiger partial charge in [0.25, 0.3) is 6.20 Å². The molecule has 1 saturated heterocycles. The normalized spacial score (nSPS) is 21.7. The molecule has 1 rings (SSSR count). The highest BCUT2D eigenvalue weighted by atomic mass is 16.6. The van der Waals surface area contributed by atoms with Crippen LogP contribution in [0.3, 0.4) is 0 Å². The topological polar surface area (TPSA) is 84.4 Å². The Morgan fingerprint density at radius 2 is 2.62 bits per heavy atom. The maximum absolute atomic E-state index is 10.2. The summed E-state index contributed by atoms with van der Waals surface area (Å²) in [5, 5.41) is 13.2. The summed E-state index contributed by atoms with van der Waals surface area (Å²) in [6, 6.07) is 0.0232. The number of rotatable bonds is 3. The quantitative estimate of drug-likeness (QED) is 0.450. The van der Waals surface area contributed by atoms with Crippen LogP contribution in [-0.4, -0.2) is 35.5 Å². The Kier molecular flexibility index (Phi) is 3.07. The fraction of sp³-hybridized carbons (Fsp3) is 0.714. The van der Waals surface area contributed by atoms with E-state index in [0.717, 1.165) is 19.3 Å². The van der Waals surface area contributed by atoms with E-state index in [2.05, 4.69) is 5.32 Å². The molecule has 3 N–H and O–H groups in total. The van der Waals surface area contributed by atoms with Gasteiger partial charge in [0, 0.05) is 25.7 Å². The van der Waals surface area contributed by atoms with Gasteiger partial charge < -0.3 is 16.0 Å². The van der Waals surface area contributed by atoms with Gasteiger partial charge in [0.05, 0.1) is 4.92 Å². The molecule has 0 bridgehead atoms. The third kappa shape index (κ3) is 2.90. The number of nitro groups is 1. The van der Waals surface area contributed by atoms with Crippen molar-refractivity contribution >= 4 is 0 Å². The Morgan fingerprint density at radius 1 is 1.92 bits per heavy atom. The van der Waals surface area contributed by atoms with Crippen molar-refractivity contribution in [1.82, 2.24) is 10.2 Å². The van der Waals surface area contributed by atoms with Gasteiger partial charge in [-0.25, -0.2) is 0 Å². The molecule has 0 aromatic rings. The minimum absolute atomic E-state index is 0.0232. The molecule has 6 heteroatoms. The predicted octanol–water partition coefficient (Wildman–Crippen LogP) is -0.686. The van der Waals surface area contributed by atoms with Crippen molar-refractivity contribution in [3.8, 4) is 0 Å². The Morgan fingerprint density at radius 3 is 3.15 bits per heavy atom. The van der Waals surface area contributed by atoms with Crippen molar-refractivity contribution in [1.29, 1.82) is 0 Å². The Balaban J connectivity index is 2.58. The van der Waals surface area contributed by atoms with Crippen LogP contribution in [0.25, 0.3) is 0 Å². The third-order valence-electron chi connectivity index (χ3n) is 1.76. The summed E-state index contributed by atoms with van der Waals surface area (Å²) in [6.07, 6.45) is 0.982.